The lowest BCUT2D eigenvalue weighted by atomic mass is 9.95. The molecular weight excluding hydrogens is 1480 g/mol. The Bertz CT molecular complexity index is 3850. The summed E-state index contributed by atoms with van der Waals surface area (Å²) in [5.74, 6) is -16.1. The number of phenols is 1. The van der Waals surface area contributed by atoms with E-state index in [1.807, 2.05) is 0 Å². The van der Waals surface area contributed by atoms with Crippen molar-refractivity contribution in [3.05, 3.63) is 99.7 Å². The van der Waals surface area contributed by atoms with Gasteiger partial charge in [0.25, 0.3) is 0 Å². The van der Waals surface area contributed by atoms with Gasteiger partial charge in [-0.1, -0.05) is 100 Å². The SMILES string of the molecule is NCCC(=O)N(CCN)CC(=O)N[C@@H](Cc1ccc(O)cc1)C(=O)N[C@H]1CSSC[C@H](C(N)=O)NC(=O)[C@H](CCC(=O)O)NC(=O)[C@H](Cc2c[nH]c3ccccc23)NC(=O)[C@H](CCC(=O)O)NC(=O)CCNC(=O)[C@H](CCCN=C(N)N)NC(=O)[C@H](Cc2cccc(Cl)c2Cl)NC(=O)[C@H](C2CCCC2)NC1=O. The van der Waals surface area contributed by atoms with E-state index in [4.69, 9.17) is 51.9 Å². The van der Waals surface area contributed by atoms with Gasteiger partial charge in [-0.15, -0.1) is 0 Å². The van der Waals surface area contributed by atoms with Crippen molar-refractivity contribution in [1.82, 2.24) is 63.1 Å². The number of carbonyl (C=O) groups excluding carboxylic acids is 12. The molecule has 6 rings (SSSR count). The predicted molar refractivity (Wildman–Crippen MR) is 398 cm³/mol. The van der Waals surface area contributed by atoms with Crippen molar-refractivity contribution in [3.63, 3.8) is 0 Å². The van der Waals surface area contributed by atoms with Gasteiger partial charge in [0.2, 0.25) is 70.9 Å². The van der Waals surface area contributed by atoms with Gasteiger partial charge in [0.15, 0.2) is 5.96 Å². The maximum absolute atomic E-state index is 15.3. The maximum Gasteiger partial charge on any atom is 0.303 e. The fourth-order valence-corrected chi connectivity index (χ4v) is 14.5. The van der Waals surface area contributed by atoms with Crippen molar-refractivity contribution in [2.24, 2.45) is 39.6 Å². The first-order valence-electron chi connectivity index (χ1n) is 34.5. The number of aliphatic imine (C=N–C) groups is 1. The zero-order valence-electron chi connectivity index (χ0n) is 58.4. The molecule has 9 atom stereocenters. The number of halogens is 2. The molecular formula is C68H92Cl2N18O17S2. The third kappa shape index (κ3) is 28.4. The number of para-hydroxylation sites is 1. The molecule has 12 amide bonds. The molecule has 2 heterocycles. The van der Waals surface area contributed by atoms with Crippen molar-refractivity contribution in [3.8, 4) is 5.75 Å². The van der Waals surface area contributed by atoms with Gasteiger partial charge in [0, 0.05) is 106 Å². The Kier molecular flexibility index (Phi) is 35.0. The van der Waals surface area contributed by atoms with Crippen LogP contribution in [0.4, 0.5) is 0 Å². The van der Waals surface area contributed by atoms with E-state index in [1.54, 1.807) is 30.5 Å². The third-order valence-corrected chi connectivity index (χ3v) is 20.7. The van der Waals surface area contributed by atoms with Gasteiger partial charge in [0.1, 0.15) is 60.1 Å². The Balaban J connectivity index is 1.44. The molecule has 2 aliphatic rings. The summed E-state index contributed by atoms with van der Waals surface area (Å²) in [4.78, 5) is 205. The summed E-state index contributed by atoms with van der Waals surface area (Å²) in [5, 5.41) is 56.5. The summed E-state index contributed by atoms with van der Waals surface area (Å²) in [6, 6.07) is 2.50. The number of fused-ring (bicyclic) bond motifs is 1. The number of hydrogen-bond donors (Lipinski definition) is 19. The number of carboxylic acids is 2. The second kappa shape index (κ2) is 43.6. The van der Waals surface area contributed by atoms with Gasteiger partial charge < -0.3 is 107 Å². The van der Waals surface area contributed by atoms with Gasteiger partial charge in [-0.05, 0) is 85.4 Å². The number of aromatic amines is 1. The zero-order valence-corrected chi connectivity index (χ0v) is 61.5. The summed E-state index contributed by atoms with van der Waals surface area (Å²) in [7, 11) is 1.68. The van der Waals surface area contributed by atoms with Gasteiger partial charge >= 0.3 is 11.9 Å². The van der Waals surface area contributed by atoms with Crippen molar-refractivity contribution >= 4 is 144 Å². The molecule has 1 aliphatic heterocycles. The standard InChI is InChI=1S/C68H92Cl2N18O17S2/c69-42-11-5-9-38(57(42)70)30-48-64(102)81-44(13-6-26-77-68(74)75)60(98)76-27-23-52(90)79-45(18-20-55(93)94)61(99)83-49(31-39-32-78-43-12-4-3-10-41(39)43)65(103)82-46(19-21-56(95)96)62(100)85-50(59(73)97)34-106-107-35-51(66(104)87-58(67(105)84-48)37-7-1-2-8-37)86-63(101)47(29-36-14-16-40(89)17-15-36)80-53(91)33-88(28-25-72)54(92)22-24-71/h3-5,9-12,14-17,32,37,44-51,58,78,89H,1-2,6-8,13,18-31,33-35,71-72H2,(H2,73,97)(H,76,98)(H,79,90)(H,80,91)(H,81,102)(H,82,103)(H,83,99)(H,84,105)(H,85,100)(H,86,101)(H,87,104)(H,93,94)(H,95,96)(H4,74,75,77)/t44-,45-,46-,47-,48-,49-,50+,51-,58-/m0/s1. The first kappa shape index (κ1) is 86.0. The predicted octanol–water partition coefficient (Wildman–Crippen LogP) is -1.93. The third-order valence-electron chi connectivity index (χ3n) is 17.4. The lowest BCUT2D eigenvalue weighted by molar-refractivity contribution is -0.138. The molecule has 2 fully saturated rings. The van der Waals surface area contributed by atoms with Crippen LogP contribution in [-0.4, -0.2) is 219 Å². The minimum Gasteiger partial charge on any atom is -0.508 e. The molecule has 1 saturated heterocycles. The monoisotopic (exact) mass is 1570 g/mol. The number of hydrogen-bond acceptors (Lipinski definition) is 20. The molecule has 0 bridgehead atoms. The first-order chi connectivity index (χ1) is 51.0. The number of carbonyl (C=O) groups is 14. The number of aromatic nitrogens is 1. The molecule has 0 spiro atoms. The van der Waals surface area contributed by atoms with E-state index >= 15 is 9.59 Å². The van der Waals surface area contributed by atoms with Crippen LogP contribution in [0.15, 0.2) is 77.9 Å². The number of amides is 12. The van der Waals surface area contributed by atoms with Crippen LogP contribution in [0, 0.1) is 5.92 Å². The van der Waals surface area contributed by atoms with E-state index in [2.05, 4.69) is 63.1 Å². The topological polar surface area (TPSA) is 581 Å². The Morgan fingerprint density at radius 3 is 1.88 bits per heavy atom. The molecule has 35 nitrogen and oxygen atoms in total. The normalized spacial score (nSPS) is 21.3. The number of nitrogens with two attached hydrogens (primary N) is 5. The number of aliphatic carboxylic acids is 2. The number of H-pyrrole nitrogens is 1. The average molecular weight is 1570 g/mol. The largest absolute Gasteiger partial charge is 0.508 e. The van der Waals surface area contributed by atoms with E-state index < -0.39 is 200 Å². The summed E-state index contributed by atoms with van der Waals surface area (Å²) in [5.41, 5.74) is 30.2. The number of rotatable bonds is 27. The first-order valence-corrected chi connectivity index (χ1v) is 37.7. The van der Waals surface area contributed by atoms with Crippen LogP contribution in [0.5, 0.6) is 5.75 Å². The van der Waals surface area contributed by atoms with Crippen LogP contribution in [0.2, 0.25) is 10.0 Å². The van der Waals surface area contributed by atoms with E-state index in [1.165, 1.54) is 42.5 Å². The van der Waals surface area contributed by atoms with Crippen LogP contribution in [0.3, 0.4) is 0 Å². The molecule has 24 N–H and O–H groups in total. The Labute approximate surface area is 633 Å². The highest BCUT2D eigenvalue weighted by Gasteiger charge is 2.39. The molecule has 1 aliphatic carbocycles. The second-order valence-electron chi connectivity index (χ2n) is 25.5. The van der Waals surface area contributed by atoms with Crippen molar-refractivity contribution in [1.29, 1.82) is 0 Å². The van der Waals surface area contributed by atoms with Crippen molar-refractivity contribution < 1.29 is 82.4 Å². The highest BCUT2D eigenvalue weighted by Crippen LogP contribution is 2.31. The maximum atomic E-state index is 15.3. The lowest BCUT2D eigenvalue weighted by Crippen LogP contribution is -2.61. The number of primary amides is 1. The average Bonchev–Trinajstić information content (AvgIpc) is 1.77. The zero-order chi connectivity index (χ0) is 78.3. The van der Waals surface area contributed by atoms with Gasteiger partial charge in [-0.25, -0.2) is 0 Å². The summed E-state index contributed by atoms with van der Waals surface area (Å²) >= 11 is 13.2. The fraction of sp³-hybridized carbons (Fsp3) is 0.485. The number of nitrogens with one attached hydrogen (secondary N) is 11. The summed E-state index contributed by atoms with van der Waals surface area (Å²) < 4.78 is 0. The minimum atomic E-state index is -1.77. The minimum absolute atomic E-state index is 0.000362. The summed E-state index contributed by atoms with van der Waals surface area (Å²) in [6.07, 6.45) is -0.904. The molecule has 39 heteroatoms. The van der Waals surface area contributed by atoms with Crippen LogP contribution in [0.25, 0.3) is 10.9 Å². The van der Waals surface area contributed by atoms with Crippen LogP contribution >= 0.6 is 44.8 Å². The molecule has 0 unspecified atom stereocenters. The molecule has 582 valence electrons. The van der Waals surface area contributed by atoms with E-state index in [0.29, 0.717) is 47.7 Å². The van der Waals surface area contributed by atoms with Crippen LogP contribution in [0.1, 0.15) is 93.7 Å². The number of carboxylic acid groups (broad SMARTS) is 2. The molecule has 0 radical (unpaired) electrons. The molecule has 4 aromatic rings. The number of guanidine groups is 1. The van der Waals surface area contributed by atoms with Crippen molar-refractivity contribution in [2.75, 3.05) is 50.8 Å². The van der Waals surface area contributed by atoms with Crippen LogP contribution in [-0.2, 0) is 86.4 Å². The highest BCUT2D eigenvalue weighted by atomic mass is 35.5. The fourth-order valence-electron chi connectivity index (χ4n) is 11.8. The molecule has 1 aromatic heterocycles. The van der Waals surface area contributed by atoms with Gasteiger partial charge in [-0.3, -0.25) is 72.1 Å². The second-order valence-corrected chi connectivity index (χ2v) is 28.8. The molecule has 3 aromatic carbocycles. The van der Waals surface area contributed by atoms with E-state index in [0.717, 1.165) is 26.5 Å². The lowest BCUT2D eigenvalue weighted by Gasteiger charge is -2.30. The summed E-state index contributed by atoms with van der Waals surface area (Å²) in [6.45, 7) is -1.25. The highest BCUT2D eigenvalue weighted by molar-refractivity contribution is 8.76. The number of aromatic hydroxyl groups is 1. The smallest absolute Gasteiger partial charge is 0.303 e. The Hall–Kier alpha value is -9.95. The number of nitrogens with zero attached hydrogens (tertiary/aromatic N) is 2. The van der Waals surface area contributed by atoms with Crippen molar-refractivity contribution in [2.45, 2.75) is 151 Å². The number of phenolic OH excluding ortho intramolecular Hbond substituents is 1. The van der Waals surface area contributed by atoms with Gasteiger partial charge in [0.05, 0.1) is 16.6 Å². The number of benzene rings is 3. The Morgan fingerprint density at radius 1 is 0.645 bits per heavy atom. The van der Waals surface area contributed by atoms with Crippen LogP contribution < -0.4 is 81.8 Å². The quantitative estimate of drug-likeness (QED) is 0.0134. The molecule has 1 saturated carbocycles. The van der Waals surface area contributed by atoms with E-state index in [9.17, 15) is 72.9 Å². The Morgan fingerprint density at radius 2 is 1.24 bits per heavy atom. The van der Waals surface area contributed by atoms with Gasteiger partial charge in [-0.2, -0.15) is 0 Å². The van der Waals surface area contributed by atoms with E-state index in [-0.39, 0.29) is 92.0 Å². The molecule has 107 heavy (non-hydrogen) atoms.